The second-order valence-electron chi connectivity index (χ2n) is 8.32. The number of nitrogens with zero attached hydrogens (tertiary/aromatic N) is 2. The zero-order valence-corrected chi connectivity index (χ0v) is 15.0. The van der Waals surface area contributed by atoms with Crippen molar-refractivity contribution in [3.63, 3.8) is 0 Å². The summed E-state index contributed by atoms with van der Waals surface area (Å²) in [6, 6.07) is 1.41. The van der Waals surface area contributed by atoms with Gasteiger partial charge in [0.05, 0.1) is 0 Å². The highest BCUT2D eigenvalue weighted by Gasteiger charge is 2.37. The average molecular weight is 296 g/mol. The molecule has 1 saturated carbocycles. The maximum Gasteiger partial charge on any atom is 0.0251 e. The fourth-order valence-corrected chi connectivity index (χ4v) is 4.30. The number of rotatable bonds is 5. The number of nitrogens with one attached hydrogen (secondary N) is 1. The van der Waals surface area contributed by atoms with E-state index in [0.29, 0.717) is 17.5 Å². The Labute approximate surface area is 132 Å². The van der Waals surface area contributed by atoms with Gasteiger partial charge in [0.15, 0.2) is 0 Å². The van der Waals surface area contributed by atoms with Gasteiger partial charge in [-0.15, -0.1) is 0 Å². The van der Waals surface area contributed by atoms with Gasteiger partial charge in [-0.05, 0) is 77.2 Å². The van der Waals surface area contributed by atoms with E-state index in [9.17, 15) is 0 Å². The molecule has 3 heteroatoms. The van der Waals surface area contributed by atoms with Crippen LogP contribution in [0.5, 0.6) is 0 Å². The number of hydrogen-bond acceptors (Lipinski definition) is 3. The van der Waals surface area contributed by atoms with Gasteiger partial charge in [-0.2, -0.15) is 0 Å². The molecule has 1 heterocycles. The van der Waals surface area contributed by atoms with E-state index in [0.717, 1.165) is 12.5 Å². The van der Waals surface area contributed by atoms with E-state index in [1.54, 1.807) is 0 Å². The lowest BCUT2D eigenvalue weighted by atomic mass is 9.72. The summed E-state index contributed by atoms with van der Waals surface area (Å²) in [5.41, 5.74) is 0.512. The van der Waals surface area contributed by atoms with Crippen LogP contribution in [0, 0.1) is 11.3 Å². The molecule has 1 saturated heterocycles. The minimum Gasteiger partial charge on any atom is -0.313 e. The van der Waals surface area contributed by atoms with Crippen LogP contribution < -0.4 is 5.32 Å². The van der Waals surface area contributed by atoms with Gasteiger partial charge in [0.25, 0.3) is 0 Å². The maximum absolute atomic E-state index is 3.75. The van der Waals surface area contributed by atoms with Crippen molar-refractivity contribution in [2.45, 2.75) is 65.0 Å². The van der Waals surface area contributed by atoms with Crippen molar-refractivity contribution in [2.24, 2.45) is 11.3 Å². The molecular weight excluding hydrogens is 258 g/mol. The van der Waals surface area contributed by atoms with Crippen LogP contribution in [0.1, 0.15) is 52.9 Å². The Hall–Kier alpha value is -0.120. The van der Waals surface area contributed by atoms with Gasteiger partial charge in [-0.3, -0.25) is 0 Å². The van der Waals surface area contributed by atoms with E-state index in [4.69, 9.17) is 0 Å². The fourth-order valence-electron chi connectivity index (χ4n) is 4.30. The number of likely N-dealkylation sites (tertiary alicyclic amines) is 1. The number of likely N-dealkylation sites (N-methyl/N-ethyl adjacent to an activating group) is 2. The smallest absolute Gasteiger partial charge is 0.0251 e. The molecule has 2 unspecified atom stereocenters. The molecule has 0 bridgehead atoms. The van der Waals surface area contributed by atoms with Gasteiger partial charge in [0.2, 0.25) is 0 Å². The summed E-state index contributed by atoms with van der Waals surface area (Å²) in [6.07, 6.45) is 6.80. The molecule has 21 heavy (non-hydrogen) atoms. The molecule has 0 amide bonds. The second-order valence-corrected chi connectivity index (χ2v) is 8.32. The molecule has 1 aliphatic carbocycles. The van der Waals surface area contributed by atoms with Crippen molar-refractivity contribution in [1.29, 1.82) is 0 Å². The molecule has 2 aliphatic rings. The molecule has 2 atom stereocenters. The summed E-state index contributed by atoms with van der Waals surface area (Å²) in [6.45, 7) is 12.1. The molecule has 2 fully saturated rings. The second kappa shape index (κ2) is 7.43. The molecule has 0 radical (unpaired) electrons. The molecule has 2 rings (SSSR count). The number of hydrogen-bond donors (Lipinski definition) is 1. The Kier molecular flexibility index (Phi) is 6.10. The monoisotopic (exact) mass is 295 g/mol. The highest BCUT2D eigenvalue weighted by atomic mass is 15.2. The van der Waals surface area contributed by atoms with Gasteiger partial charge < -0.3 is 15.1 Å². The Morgan fingerprint density at radius 1 is 1.19 bits per heavy atom. The summed E-state index contributed by atoms with van der Waals surface area (Å²) in [7, 11) is 4.62. The summed E-state index contributed by atoms with van der Waals surface area (Å²) in [5.74, 6) is 0.901. The highest BCUT2D eigenvalue weighted by molar-refractivity contribution is 4.94. The Bertz CT molecular complexity index is 308. The van der Waals surface area contributed by atoms with Gasteiger partial charge in [0, 0.05) is 18.6 Å². The third-order valence-corrected chi connectivity index (χ3v) is 5.78. The van der Waals surface area contributed by atoms with Crippen LogP contribution in [-0.4, -0.2) is 62.2 Å². The first kappa shape index (κ1) is 17.2. The largest absolute Gasteiger partial charge is 0.313 e. The number of piperidine rings is 1. The Morgan fingerprint density at radius 2 is 1.86 bits per heavy atom. The van der Waals surface area contributed by atoms with Crippen molar-refractivity contribution in [3.05, 3.63) is 0 Å². The standard InChI is InChI=1S/C18H37N3/c1-6-19-16-7-10-18(2,3)13-17(16)21(5)14-15-8-11-20(4)12-9-15/h15-17,19H,6-14H2,1-5H3. The van der Waals surface area contributed by atoms with Crippen LogP contribution in [0.3, 0.4) is 0 Å². The van der Waals surface area contributed by atoms with Gasteiger partial charge in [-0.25, -0.2) is 0 Å². The Morgan fingerprint density at radius 3 is 2.48 bits per heavy atom. The van der Waals surface area contributed by atoms with Crippen molar-refractivity contribution >= 4 is 0 Å². The average Bonchev–Trinajstić information content (AvgIpc) is 2.43. The molecule has 1 aliphatic heterocycles. The van der Waals surface area contributed by atoms with Crippen LogP contribution in [0.25, 0.3) is 0 Å². The summed E-state index contributed by atoms with van der Waals surface area (Å²) < 4.78 is 0. The SMILES string of the molecule is CCNC1CCC(C)(C)CC1N(C)CC1CCN(C)CC1. The van der Waals surface area contributed by atoms with Gasteiger partial charge >= 0.3 is 0 Å². The zero-order valence-electron chi connectivity index (χ0n) is 15.0. The highest BCUT2D eigenvalue weighted by Crippen LogP contribution is 2.37. The van der Waals surface area contributed by atoms with Crippen LogP contribution in [-0.2, 0) is 0 Å². The summed E-state index contributed by atoms with van der Waals surface area (Å²) >= 11 is 0. The van der Waals surface area contributed by atoms with Gasteiger partial charge in [-0.1, -0.05) is 20.8 Å². The van der Waals surface area contributed by atoms with E-state index in [1.807, 2.05) is 0 Å². The third kappa shape index (κ3) is 4.94. The molecule has 0 aromatic rings. The van der Waals surface area contributed by atoms with Crippen molar-refractivity contribution < 1.29 is 0 Å². The van der Waals surface area contributed by atoms with E-state index in [2.05, 4.69) is 50.0 Å². The summed E-state index contributed by atoms with van der Waals surface area (Å²) in [5, 5.41) is 3.75. The molecule has 0 aromatic carbocycles. The molecule has 124 valence electrons. The Balaban J connectivity index is 1.91. The first-order valence-corrected chi connectivity index (χ1v) is 9.03. The van der Waals surface area contributed by atoms with E-state index >= 15 is 0 Å². The molecule has 1 N–H and O–H groups in total. The molecule has 3 nitrogen and oxygen atoms in total. The van der Waals surface area contributed by atoms with E-state index < -0.39 is 0 Å². The molecule has 0 spiro atoms. The lowest BCUT2D eigenvalue weighted by molar-refractivity contribution is 0.0632. The fraction of sp³-hybridized carbons (Fsp3) is 1.00. The quantitative estimate of drug-likeness (QED) is 0.841. The van der Waals surface area contributed by atoms with Crippen LogP contribution >= 0.6 is 0 Å². The first-order chi connectivity index (χ1) is 9.91. The van der Waals surface area contributed by atoms with Crippen LogP contribution in [0.4, 0.5) is 0 Å². The zero-order chi connectivity index (χ0) is 15.5. The van der Waals surface area contributed by atoms with E-state index in [-0.39, 0.29) is 0 Å². The topological polar surface area (TPSA) is 18.5 Å². The normalized spacial score (nSPS) is 31.7. The summed E-state index contributed by atoms with van der Waals surface area (Å²) in [4.78, 5) is 5.16. The predicted octanol–water partition coefficient (Wildman–Crippen LogP) is 2.82. The van der Waals surface area contributed by atoms with E-state index in [1.165, 1.54) is 51.7 Å². The lowest BCUT2D eigenvalue weighted by Gasteiger charge is -2.46. The maximum atomic E-state index is 3.75. The minimum atomic E-state index is 0.512. The third-order valence-electron chi connectivity index (χ3n) is 5.78. The van der Waals surface area contributed by atoms with Crippen LogP contribution in [0.15, 0.2) is 0 Å². The first-order valence-electron chi connectivity index (χ1n) is 9.03. The van der Waals surface area contributed by atoms with Crippen molar-refractivity contribution in [1.82, 2.24) is 15.1 Å². The van der Waals surface area contributed by atoms with Crippen LogP contribution in [0.2, 0.25) is 0 Å². The van der Waals surface area contributed by atoms with Crippen molar-refractivity contribution in [3.8, 4) is 0 Å². The minimum absolute atomic E-state index is 0.512. The molecule has 0 aromatic heterocycles. The predicted molar refractivity (Wildman–Crippen MR) is 91.7 cm³/mol. The molecular formula is C18H37N3. The lowest BCUT2D eigenvalue weighted by Crippen LogP contribution is -2.54. The van der Waals surface area contributed by atoms with Crippen molar-refractivity contribution in [2.75, 3.05) is 40.3 Å². The van der Waals surface area contributed by atoms with Gasteiger partial charge in [0.1, 0.15) is 0 Å².